The number of aromatic nitrogens is 3. The number of fused-ring (bicyclic) bond motifs is 1. The van der Waals surface area contributed by atoms with Crippen LogP contribution in [-0.4, -0.2) is 84.1 Å². The predicted octanol–water partition coefficient (Wildman–Crippen LogP) is 4.83. The summed E-state index contributed by atoms with van der Waals surface area (Å²) in [6.07, 6.45) is 4.48. The van der Waals surface area contributed by atoms with E-state index in [0.29, 0.717) is 25.5 Å². The lowest BCUT2D eigenvalue weighted by molar-refractivity contribution is -0.131. The van der Waals surface area contributed by atoms with E-state index in [0.717, 1.165) is 80.4 Å². The Morgan fingerprint density at radius 1 is 0.977 bits per heavy atom. The van der Waals surface area contributed by atoms with Crippen molar-refractivity contribution in [3.8, 4) is 11.3 Å². The molecular formula is C33H40N8O2. The Hall–Kier alpha value is -4.44. The highest BCUT2D eigenvalue weighted by molar-refractivity contribution is 5.80. The molecule has 0 radical (unpaired) electrons. The van der Waals surface area contributed by atoms with Crippen LogP contribution in [0.4, 0.5) is 17.3 Å². The van der Waals surface area contributed by atoms with Crippen LogP contribution >= 0.6 is 0 Å². The molecule has 2 aromatic heterocycles. The molecule has 0 unspecified atom stereocenters. The highest BCUT2D eigenvalue weighted by atomic mass is 16.5. The summed E-state index contributed by atoms with van der Waals surface area (Å²) in [6, 6.07) is 20.8. The third-order valence-corrected chi connectivity index (χ3v) is 8.08. The molecule has 1 N–H and O–H groups in total. The van der Waals surface area contributed by atoms with E-state index in [4.69, 9.17) is 14.8 Å². The zero-order chi connectivity index (χ0) is 29.6. The average molecular weight is 581 g/mol. The van der Waals surface area contributed by atoms with Crippen LogP contribution in [0.2, 0.25) is 0 Å². The molecule has 2 aliphatic heterocycles. The van der Waals surface area contributed by atoms with E-state index in [1.807, 2.05) is 33.7 Å². The molecule has 0 bridgehead atoms. The fraction of sp³-hybridized carbons (Fsp3) is 0.394. The Bertz CT molecular complexity index is 1570. The maximum atomic E-state index is 12.4. The first-order chi connectivity index (χ1) is 21.1. The number of morpholine rings is 1. The Labute approximate surface area is 253 Å². The molecule has 2 saturated heterocycles. The van der Waals surface area contributed by atoms with Gasteiger partial charge in [-0.2, -0.15) is 14.7 Å². The smallest absolute Gasteiger partial charge is 0.222 e. The molecule has 10 nitrogen and oxygen atoms in total. The van der Waals surface area contributed by atoms with Gasteiger partial charge in [-0.15, -0.1) is 0 Å². The number of hydrogen-bond acceptors (Lipinski definition) is 8. The number of piperazine rings is 1. The quantitative estimate of drug-likeness (QED) is 0.224. The van der Waals surface area contributed by atoms with Gasteiger partial charge in [-0.3, -0.25) is 10.2 Å². The minimum atomic E-state index is 0.283. The standard InChI is InChI=1S/C33H40N8O2/c1-3-4-8-33(42)40-15-13-38(14-16-40)28-11-9-27(10-12-28)29-22-31-35-30(36-34-24-26-7-5-6-25(2)21-26)23-32(41(31)37-29)39-17-19-43-20-18-39/h5-7,9-12,21-24H,3-4,8,13-20H2,1-2H3,(H,35,36). The molecular weight excluding hydrogens is 540 g/mol. The number of anilines is 3. The normalized spacial score (nSPS) is 15.9. The number of unbranched alkanes of at least 4 members (excludes halogenated alkanes) is 1. The molecule has 1 amide bonds. The molecule has 2 aromatic carbocycles. The first kappa shape index (κ1) is 28.7. The van der Waals surface area contributed by atoms with Gasteiger partial charge >= 0.3 is 0 Å². The van der Waals surface area contributed by atoms with Crippen molar-refractivity contribution < 1.29 is 9.53 Å². The lowest BCUT2D eigenvalue weighted by atomic mass is 10.1. The second-order valence-corrected chi connectivity index (χ2v) is 11.2. The summed E-state index contributed by atoms with van der Waals surface area (Å²) in [5.74, 6) is 1.90. The Balaban J connectivity index is 1.20. The Morgan fingerprint density at radius 3 is 2.51 bits per heavy atom. The van der Waals surface area contributed by atoms with Crippen LogP contribution in [-0.2, 0) is 9.53 Å². The zero-order valence-corrected chi connectivity index (χ0v) is 25.1. The van der Waals surface area contributed by atoms with E-state index in [1.165, 1.54) is 11.3 Å². The third-order valence-electron chi connectivity index (χ3n) is 8.08. The van der Waals surface area contributed by atoms with Crippen LogP contribution < -0.4 is 15.2 Å². The largest absolute Gasteiger partial charge is 0.378 e. The highest BCUT2D eigenvalue weighted by Crippen LogP contribution is 2.28. The number of carbonyl (C=O) groups excluding carboxylic acids is 1. The molecule has 10 heteroatoms. The number of hydrazone groups is 1. The van der Waals surface area contributed by atoms with Gasteiger partial charge in [-0.1, -0.05) is 55.3 Å². The van der Waals surface area contributed by atoms with Crippen LogP contribution in [0.15, 0.2) is 65.8 Å². The number of nitrogens with zero attached hydrogens (tertiary/aromatic N) is 7. The van der Waals surface area contributed by atoms with Gasteiger partial charge in [-0.05, 0) is 31.0 Å². The fourth-order valence-corrected chi connectivity index (χ4v) is 5.64. The molecule has 6 rings (SSSR count). The highest BCUT2D eigenvalue weighted by Gasteiger charge is 2.22. The molecule has 4 heterocycles. The fourth-order valence-electron chi connectivity index (χ4n) is 5.64. The van der Waals surface area contributed by atoms with Crippen molar-refractivity contribution in [3.63, 3.8) is 0 Å². The summed E-state index contributed by atoms with van der Waals surface area (Å²) in [7, 11) is 0. The summed E-state index contributed by atoms with van der Waals surface area (Å²) in [6.45, 7) is 10.4. The van der Waals surface area contributed by atoms with Gasteiger partial charge in [0, 0.05) is 69.1 Å². The summed E-state index contributed by atoms with van der Waals surface area (Å²) in [4.78, 5) is 23.9. The number of amides is 1. The van der Waals surface area contributed by atoms with E-state index >= 15 is 0 Å². The minimum Gasteiger partial charge on any atom is -0.378 e. The van der Waals surface area contributed by atoms with E-state index in [1.54, 1.807) is 6.21 Å². The van der Waals surface area contributed by atoms with Crippen molar-refractivity contribution in [1.82, 2.24) is 19.5 Å². The lowest BCUT2D eigenvalue weighted by Gasteiger charge is -2.36. The van der Waals surface area contributed by atoms with Crippen molar-refractivity contribution >= 4 is 35.1 Å². The number of hydrogen-bond donors (Lipinski definition) is 1. The van der Waals surface area contributed by atoms with Gasteiger partial charge < -0.3 is 19.4 Å². The number of carbonyl (C=O) groups is 1. The third kappa shape index (κ3) is 6.80. The Morgan fingerprint density at radius 2 is 1.77 bits per heavy atom. The molecule has 224 valence electrons. The number of benzene rings is 2. The van der Waals surface area contributed by atoms with E-state index in [-0.39, 0.29) is 5.91 Å². The van der Waals surface area contributed by atoms with Gasteiger partial charge in [0.1, 0.15) is 5.82 Å². The maximum Gasteiger partial charge on any atom is 0.222 e. The average Bonchev–Trinajstić information content (AvgIpc) is 3.48. The van der Waals surface area contributed by atoms with Crippen molar-refractivity contribution in [3.05, 3.63) is 71.8 Å². The number of ether oxygens (including phenoxy) is 1. The number of rotatable bonds is 9. The summed E-state index contributed by atoms with van der Waals surface area (Å²) < 4.78 is 7.52. The van der Waals surface area contributed by atoms with E-state index in [9.17, 15) is 4.79 Å². The summed E-state index contributed by atoms with van der Waals surface area (Å²) in [5, 5.41) is 9.44. The first-order valence-corrected chi connectivity index (χ1v) is 15.3. The van der Waals surface area contributed by atoms with E-state index in [2.05, 4.69) is 70.6 Å². The molecule has 2 aliphatic rings. The van der Waals surface area contributed by atoms with Crippen LogP contribution in [0.5, 0.6) is 0 Å². The lowest BCUT2D eigenvalue weighted by Crippen LogP contribution is -2.48. The van der Waals surface area contributed by atoms with Crippen molar-refractivity contribution in [2.45, 2.75) is 33.1 Å². The molecule has 0 saturated carbocycles. The number of aryl methyl sites for hydroxylation is 1. The van der Waals surface area contributed by atoms with Crippen molar-refractivity contribution in [1.29, 1.82) is 0 Å². The van der Waals surface area contributed by atoms with Gasteiger partial charge in [0.2, 0.25) is 5.91 Å². The van der Waals surface area contributed by atoms with Crippen LogP contribution in [0.1, 0.15) is 37.3 Å². The van der Waals surface area contributed by atoms with Crippen LogP contribution in [0.25, 0.3) is 16.9 Å². The summed E-state index contributed by atoms with van der Waals surface area (Å²) >= 11 is 0. The number of nitrogens with one attached hydrogen (secondary N) is 1. The first-order valence-electron chi connectivity index (χ1n) is 15.3. The molecule has 0 atom stereocenters. The van der Waals surface area contributed by atoms with Crippen LogP contribution in [0, 0.1) is 6.92 Å². The summed E-state index contributed by atoms with van der Waals surface area (Å²) in [5.41, 5.74) is 9.15. The SMILES string of the molecule is CCCCC(=O)N1CCN(c2ccc(-c3cc4nc(NN=Cc5cccc(C)c5)cc(N5CCOCC5)n4n3)cc2)CC1. The predicted molar refractivity (Wildman–Crippen MR) is 172 cm³/mol. The second kappa shape index (κ2) is 13.2. The molecule has 2 fully saturated rings. The second-order valence-electron chi connectivity index (χ2n) is 11.2. The zero-order valence-electron chi connectivity index (χ0n) is 25.1. The molecule has 0 aliphatic carbocycles. The molecule has 0 spiro atoms. The molecule has 4 aromatic rings. The van der Waals surface area contributed by atoms with Gasteiger partial charge in [-0.25, -0.2) is 4.98 Å². The van der Waals surface area contributed by atoms with Gasteiger partial charge in [0.25, 0.3) is 0 Å². The monoisotopic (exact) mass is 580 g/mol. The van der Waals surface area contributed by atoms with Crippen molar-refractivity contribution in [2.24, 2.45) is 5.10 Å². The van der Waals surface area contributed by atoms with Gasteiger partial charge in [0.05, 0.1) is 25.1 Å². The van der Waals surface area contributed by atoms with Crippen LogP contribution in [0.3, 0.4) is 0 Å². The minimum absolute atomic E-state index is 0.283. The van der Waals surface area contributed by atoms with E-state index < -0.39 is 0 Å². The molecule has 43 heavy (non-hydrogen) atoms. The topological polar surface area (TPSA) is 90.6 Å². The van der Waals surface area contributed by atoms with Gasteiger partial charge in [0.15, 0.2) is 11.5 Å². The Kier molecular flexibility index (Phi) is 8.83. The maximum absolute atomic E-state index is 12.4. The van der Waals surface area contributed by atoms with Crippen molar-refractivity contribution in [2.75, 3.05) is 67.7 Å².